The van der Waals surface area contributed by atoms with E-state index in [9.17, 15) is 4.79 Å². The Kier molecular flexibility index (Phi) is 9.37. The van der Waals surface area contributed by atoms with Crippen LogP contribution in [0.15, 0.2) is 24.3 Å². The summed E-state index contributed by atoms with van der Waals surface area (Å²) < 4.78 is 11.8. The number of hydrogen-bond acceptors (Lipinski definition) is 3. The fraction of sp³-hybridized carbons (Fsp3) is 0.632. The van der Waals surface area contributed by atoms with Crippen molar-refractivity contribution in [3.63, 3.8) is 0 Å². The van der Waals surface area contributed by atoms with Gasteiger partial charge in [0.2, 0.25) is 0 Å². The number of aryl methyl sites for hydroxylation is 1. The van der Waals surface area contributed by atoms with E-state index in [1.54, 1.807) is 7.05 Å². The minimum Gasteiger partial charge on any atom is -0.443 e. The van der Waals surface area contributed by atoms with Gasteiger partial charge in [-0.2, -0.15) is 0 Å². The predicted octanol–water partition coefficient (Wildman–Crippen LogP) is 4.77. The van der Waals surface area contributed by atoms with Gasteiger partial charge >= 0.3 is 6.09 Å². The van der Waals surface area contributed by atoms with Crippen molar-refractivity contribution in [2.45, 2.75) is 65.1 Å². The van der Waals surface area contributed by atoms with Gasteiger partial charge in [0, 0.05) is 13.7 Å². The number of nitrogens with one attached hydrogen (secondary N) is 1. The molecule has 1 N–H and O–H groups in total. The molecule has 0 spiro atoms. The smallest absolute Gasteiger partial charge is 0.407 e. The maximum atomic E-state index is 11.7. The van der Waals surface area contributed by atoms with Crippen LogP contribution in [-0.4, -0.2) is 25.9 Å². The number of amides is 1. The molecule has 0 radical (unpaired) electrons. The van der Waals surface area contributed by atoms with Gasteiger partial charge in [-0.25, -0.2) is 4.79 Å². The Hall–Kier alpha value is -1.55. The highest BCUT2D eigenvalue weighted by Gasteiger charge is 2.28. The van der Waals surface area contributed by atoms with E-state index in [0.717, 1.165) is 43.2 Å². The molecule has 0 heterocycles. The average Bonchev–Trinajstić information content (AvgIpc) is 2.56. The second kappa shape index (κ2) is 11.1. The Balaban J connectivity index is 2.99. The van der Waals surface area contributed by atoms with E-state index in [0.29, 0.717) is 6.61 Å². The molecule has 0 saturated carbocycles. The van der Waals surface area contributed by atoms with Gasteiger partial charge in [-0.15, -0.1) is 0 Å². The van der Waals surface area contributed by atoms with E-state index in [-0.39, 0.29) is 12.2 Å². The summed E-state index contributed by atoms with van der Waals surface area (Å²) in [6, 6.07) is 8.16. The number of ether oxygens (including phenoxy) is 2. The maximum absolute atomic E-state index is 11.7. The quantitative estimate of drug-likeness (QED) is 0.632. The number of alkyl carbamates (subject to hydrolysis) is 1. The van der Waals surface area contributed by atoms with Crippen molar-refractivity contribution in [1.82, 2.24) is 5.32 Å². The molecular formula is C19H31NO3. The van der Waals surface area contributed by atoms with Crippen molar-refractivity contribution in [2.75, 3.05) is 13.7 Å². The lowest BCUT2D eigenvalue weighted by Gasteiger charge is -2.28. The van der Waals surface area contributed by atoms with E-state index in [4.69, 9.17) is 9.47 Å². The fourth-order valence-corrected chi connectivity index (χ4v) is 2.53. The Morgan fingerprint density at radius 1 is 1.17 bits per heavy atom. The van der Waals surface area contributed by atoms with Crippen LogP contribution < -0.4 is 5.32 Å². The number of carbonyl (C=O) groups excluding carboxylic acids is 1. The van der Waals surface area contributed by atoms with Gasteiger partial charge in [-0.3, -0.25) is 0 Å². The first kappa shape index (κ1) is 19.5. The van der Waals surface area contributed by atoms with Gasteiger partial charge in [0.05, 0.1) is 0 Å². The van der Waals surface area contributed by atoms with Crippen LogP contribution >= 0.6 is 0 Å². The summed E-state index contributed by atoms with van der Waals surface area (Å²) in [6.45, 7) is 7.02. The number of rotatable bonds is 10. The minimum absolute atomic E-state index is 0.216. The van der Waals surface area contributed by atoms with Crippen molar-refractivity contribution in [1.29, 1.82) is 0 Å². The Morgan fingerprint density at radius 3 is 2.48 bits per heavy atom. The third kappa shape index (κ3) is 6.61. The molecule has 0 aromatic heterocycles. The standard InChI is InChI=1S/C19H31NO3/c1-5-7-13-17(23-19(21)20-4)18(22-14-8-6-2)16-12-10-9-11-15(16)3/h9-12,17-18H,5-8,13-14H2,1-4H3,(H,20,21). The number of hydrogen-bond donors (Lipinski definition) is 1. The van der Waals surface area contributed by atoms with Crippen molar-refractivity contribution in [3.05, 3.63) is 35.4 Å². The van der Waals surface area contributed by atoms with Gasteiger partial charge in [0.15, 0.2) is 0 Å². The molecule has 130 valence electrons. The summed E-state index contributed by atoms with van der Waals surface area (Å²) >= 11 is 0. The SMILES string of the molecule is CCCCOC(c1ccccc1C)C(CCCC)OC(=O)NC. The molecule has 0 aliphatic carbocycles. The van der Waals surface area contributed by atoms with Gasteiger partial charge in [0.25, 0.3) is 0 Å². The first-order valence-electron chi connectivity index (χ1n) is 8.69. The van der Waals surface area contributed by atoms with E-state index < -0.39 is 6.09 Å². The van der Waals surface area contributed by atoms with Crippen molar-refractivity contribution in [3.8, 4) is 0 Å². The van der Waals surface area contributed by atoms with Gasteiger partial charge in [-0.1, -0.05) is 51.0 Å². The lowest BCUT2D eigenvalue weighted by Crippen LogP contribution is -2.32. The molecule has 1 aromatic carbocycles. The van der Waals surface area contributed by atoms with E-state index in [1.807, 2.05) is 12.1 Å². The molecule has 0 saturated heterocycles. The summed E-state index contributed by atoms with van der Waals surface area (Å²) in [7, 11) is 1.58. The number of benzene rings is 1. The van der Waals surface area contributed by atoms with Crippen LogP contribution in [0.3, 0.4) is 0 Å². The highest BCUT2D eigenvalue weighted by molar-refractivity contribution is 5.67. The zero-order valence-corrected chi connectivity index (χ0v) is 14.9. The maximum Gasteiger partial charge on any atom is 0.407 e. The molecule has 0 bridgehead atoms. The van der Waals surface area contributed by atoms with Crippen LogP contribution in [0.4, 0.5) is 4.79 Å². The summed E-state index contributed by atoms with van der Waals surface area (Å²) in [4.78, 5) is 11.7. The van der Waals surface area contributed by atoms with Crippen molar-refractivity contribution >= 4 is 6.09 Å². The average molecular weight is 321 g/mol. The Bertz CT molecular complexity index is 462. The second-order valence-corrected chi connectivity index (χ2v) is 5.84. The number of unbranched alkanes of at least 4 members (excludes halogenated alkanes) is 2. The van der Waals surface area contributed by atoms with Crippen LogP contribution in [0.25, 0.3) is 0 Å². The summed E-state index contributed by atoms with van der Waals surface area (Å²) in [6.07, 6.45) is 4.06. The largest absolute Gasteiger partial charge is 0.443 e. The van der Waals surface area contributed by atoms with Crippen molar-refractivity contribution < 1.29 is 14.3 Å². The summed E-state index contributed by atoms with van der Waals surface area (Å²) in [5, 5.41) is 2.54. The molecule has 0 aliphatic rings. The molecule has 0 aliphatic heterocycles. The molecule has 1 rings (SSSR count). The monoisotopic (exact) mass is 321 g/mol. The van der Waals surface area contributed by atoms with E-state index in [1.165, 1.54) is 0 Å². The predicted molar refractivity (Wildman–Crippen MR) is 93.6 cm³/mol. The van der Waals surface area contributed by atoms with Crippen LogP contribution in [0.2, 0.25) is 0 Å². The third-order valence-corrected chi connectivity index (χ3v) is 3.93. The molecule has 23 heavy (non-hydrogen) atoms. The normalized spacial score (nSPS) is 13.4. The highest BCUT2D eigenvalue weighted by Crippen LogP contribution is 2.29. The molecule has 4 nitrogen and oxygen atoms in total. The molecule has 2 atom stereocenters. The molecular weight excluding hydrogens is 290 g/mol. The van der Waals surface area contributed by atoms with Crippen LogP contribution in [-0.2, 0) is 9.47 Å². The van der Waals surface area contributed by atoms with Gasteiger partial charge in [-0.05, 0) is 37.3 Å². The topological polar surface area (TPSA) is 47.6 Å². The molecule has 2 unspecified atom stereocenters. The Labute approximate surface area is 140 Å². The molecule has 1 aromatic rings. The lowest BCUT2D eigenvalue weighted by atomic mass is 9.96. The van der Waals surface area contributed by atoms with Crippen LogP contribution in [0.1, 0.15) is 63.2 Å². The van der Waals surface area contributed by atoms with Gasteiger partial charge < -0.3 is 14.8 Å². The molecule has 0 fully saturated rings. The van der Waals surface area contributed by atoms with Crippen molar-refractivity contribution in [2.24, 2.45) is 0 Å². The second-order valence-electron chi connectivity index (χ2n) is 5.84. The zero-order chi connectivity index (χ0) is 17.1. The van der Waals surface area contributed by atoms with Crippen LogP contribution in [0, 0.1) is 6.92 Å². The third-order valence-electron chi connectivity index (χ3n) is 3.93. The molecule has 4 heteroatoms. The Morgan fingerprint density at radius 2 is 1.87 bits per heavy atom. The fourth-order valence-electron chi connectivity index (χ4n) is 2.53. The zero-order valence-electron chi connectivity index (χ0n) is 14.9. The summed E-state index contributed by atoms with van der Waals surface area (Å²) in [5.41, 5.74) is 2.27. The molecule has 1 amide bonds. The lowest BCUT2D eigenvalue weighted by molar-refractivity contribution is -0.0507. The highest BCUT2D eigenvalue weighted by atomic mass is 16.6. The minimum atomic E-state index is -0.399. The number of carbonyl (C=O) groups is 1. The van der Waals surface area contributed by atoms with E-state index in [2.05, 4.69) is 38.2 Å². The van der Waals surface area contributed by atoms with Gasteiger partial charge in [0.1, 0.15) is 12.2 Å². The first-order valence-corrected chi connectivity index (χ1v) is 8.69. The first-order chi connectivity index (χ1) is 11.1. The summed E-state index contributed by atoms with van der Waals surface area (Å²) in [5.74, 6) is 0. The van der Waals surface area contributed by atoms with Crippen LogP contribution in [0.5, 0.6) is 0 Å². The van der Waals surface area contributed by atoms with E-state index >= 15 is 0 Å².